The molecule has 2 aromatic rings. The van der Waals surface area contributed by atoms with E-state index in [-0.39, 0.29) is 17.2 Å². The number of rotatable bonds is 2. The van der Waals surface area contributed by atoms with Crippen molar-refractivity contribution in [2.24, 2.45) is 12.5 Å². The van der Waals surface area contributed by atoms with Crippen molar-refractivity contribution in [2.45, 2.75) is 33.6 Å². The van der Waals surface area contributed by atoms with Crippen molar-refractivity contribution in [3.8, 4) is 0 Å². The Hall–Kier alpha value is -2.11. The Balaban J connectivity index is 1.86. The first kappa shape index (κ1) is 14.8. The van der Waals surface area contributed by atoms with Gasteiger partial charge in [-0.2, -0.15) is 5.10 Å². The number of nitrogens with zero attached hydrogens (tertiary/aromatic N) is 4. The minimum atomic E-state index is -0.0474. The van der Waals surface area contributed by atoms with Crippen LogP contribution in [0.3, 0.4) is 0 Å². The molecule has 0 saturated carbocycles. The van der Waals surface area contributed by atoms with Gasteiger partial charge < -0.3 is 9.32 Å². The topological polar surface area (TPSA) is 64.2 Å². The zero-order chi connectivity index (χ0) is 16.1. The van der Waals surface area contributed by atoms with Crippen LogP contribution in [0.25, 0.3) is 0 Å². The van der Waals surface area contributed by atoms with E-state index < -0.39 is 0 Å². The van der Waals surface area contributed by atoms with Crippen molar-refractivity contribution in [2.75, 3.05) is 13.1 Å². The normalized spacial score (nSPS) is 20.6. The van der Waals surface area contributed by atoms with Gasteiger partial charge in [0.15, 0.2) is 11.6 Å². The lowest BCUT2D eigenvalue weighted by Gasteiger charge is -2.24. The van der Waals surface area contributed by atoms with Gasteiger partial charge in [-0.15, -0.1) is 0 Å². The molecular formula is C16H22N4O2. The van der Waals surface area contributed by atoms with Gasteiger partial charge >= 0.3 is 0 Å². The van der Waals surface area contributed by atoms with E-state index >= 15 is 0 Å². The lowest BCUT2D eigenvalue weighted by Crippen LogP contribution is -2.30. The van der Waals surface area contributed by atoms with Gasteiger partial charge in [0, 0.05) is 39.2 Å². The largest absolute Gasteiger partial charge is 0.445 e. The number of hydrogen-bond donors (Lipinski definition) is 0. The van der Waals surface area contributed by atoms with Crippen LogP contribution in [0.4, 0.5) is 0 Å². The van der Waals surface area contributed by atoms with E-state index in [0.29, 0.717) is 30.4 Å². The summed E-state index contributed by atoms with van der Waals surface area (Å²) in [6.45, 7) is 9.32. The third-order valence-corrected chi connectivity index (χ3v) is 4.47. The molecule has 6 heteroatoms. The first-order valence-electron chi connectivity index (χ1n) is 7.50. The molecule has 0 N–H and O–H groups in total. The highest BCUT2D eigenvalue weighted by Crippen LogP contribution is 2.42. The minimum absolute atomic E-state index is 0.00534. The van der Waals surface area contributed by atoms with E-state index in [1.165, 1.54) is 5.56 Å². The van der Waals surface area contributed by atoms with Crippen LogP contribution >= 0.6 is 0 Å². The Bertz CT molecular complexity index is 714. The van der Waals surface area contributed by atoms with Crippen molar-refractivity contribution >= 4 is 5.91 Å². The highest BCUT2D eigenvalue weighted by molar-refractivity contribution is 5.93. The van der Waals surface area contributed by atoms with Crippen LogP contribution in [-0.2, 0) is 7.05 Å². The Morgan fingerprint density at radius 2 is 2.14 bits per heavy atom. The quantitative estimate of drug-likeness (QED) is 0.854. The SMILES string of the molecule is Cc1nc(C(=O)N2CC(c3cnn(C)c3)C(C)(C)C2)c(C)o1. The van der Waals surface area contributed by atoms with E-state index in [0.717, 1.165) is 0 Å². The van der Waals surface area contributed by atoms with Crippen LogP contribution < -0.4 is 0 Å². The molecule has 1 aliphatic rings. The molecule has 1 fully saturated rings. The average molecular weight is 302 g/mol. The second kappa shape index (κ2) is 4.97. The summed E-state index contributed by atoms with van der Waals surface area (Å²) in [6.07, 6.45) is 3.93. The maximum atomic E-state index is 12.7. The fraction of sp³-hybridized carbons (Fsp3) is 0.562. The summed E-state index contributed by atoms with van der Waals surface area (Å²) in [6, 6.07) is 0. The second-order valence-electron chi connectivity index (χ2n) is 6.81. The molecular weight excluding hydrogens is 280 g/mol. The molecule has 1 unspecified atom stereocenters. The van der Waals surface area contributed by atoms with Crippen LogP contribution in [0.1, 0.15) is 47.5 Å². The Morgan fingerprint density at radius 1 is 1.41 bits per heavy atom. The number of likely N-dealkylation sites (tertiary alicyclic amines) is 1. The van der Waals surface area contributed by atoms with Crippen molar-refractivity contribution < 1.29 is 9.21 Å². The number of carbonyl (C=O) groups is 1. The minimum Gasteiger partial charge on any atom is -0.445 e. The van der Waals surface area contributed by atoms with Gasteiger partial charge in [-0.05, 0) is 17.9 Å². The summed E-state index contributed by atoms with van der Waals surface area (Å²) in [5, 5.41) is 4.26. The Kier molecular flexibility index (Phi) is 3.34. The summed E-state index contributed by atoms with van der Waals surface area (Å²) in [5.74, 6) is 1.35. The van der Waals surface area contributed by atoms with Crippen LogP contribution in [-0.4, -0.2) is 38.7 Å². The summed E-state index contributed by atoms with van der Waals surface area (Å²) in [7, 11) is 1.91. The summed E-state index contributed by atoms with van der Waals surface area (Å²) in [4.78, 5) is 18.8. The van der Waals surface area contributed by atoms with Crippen molar-refractivity contribution in [1.29, 1.82) is 0 Å². The van der Waals surface area contributed by atoms with Crippen LogP contribution in [0, 0.1) is 19.3 Å². The van der Waals surface area contributed by atoms with Gasteiger partial charge in [-0.1, -0.05) is 13.8 Å². The lowest BCUT2D eigenvalue weighted by molar-refractivity contribution is 0.0771. The lowest BCUT2D eigenvalue weighted by atomic mass is 9.79. The molecule has 118 valence electrons. The second-order valence-corrected chi connectivity index (χ2v) is 6.81. The smallest absolute Gasteiger partial charge is 0.276 e. The molecule has 22 heavy (non-hydrogen) atoms. The van der Waals surface area contributed by atoms with Crippen molar-refractivity contribution in [3.05, 3.63) is 35.3 Å². The molecule has 0 radical (unpaired) electrons. The van der Waals surface area contributed by atoms with E-state index in [4.69, 9.17) is 4.42 Å². The standard InChI is InChI=1S/C16H22N4O2/c1-10-14(18-11(2)22-10)15(21)20-8-13(16(3,4)9-20)12-6-17-19(5)7-12/h6-7,13H,8-9H2,1-5H3. The molecule has 0 spiro atoms. The number of aryl methyl sites for hydroxylation is 3. The third-order valence-electron chi connectivity index (χ3n) is 4.47. The predicted octanol–water partition coefficient (Wildman–Crippen LogP) is 2.29. The maximum absolute atomic E-state index is 12.7. The van der Waals surface area contributed by atoms with E-state index in [1.54, 1.807) is 18.5 Å². The Labute approximate surface area is 130 Å². The monoisotopic (exact) mass is 302 g/mol. The molecule has 1 saturated heterocycles. The van der Waals surface area contributed by atoms with Gasteiger partial charge in [-0.3, -0.25) is 9.48 Å². The van der Waals surface area contributed by atoms with Crippen LogP contribution in [0.15, 0.2) is 16.8 Å². The summed E-state index contributed by atoms with van der Waals surface area (Å²) in [5.41, 5.74) is 1.61. The average Bonchev–Trinajstić information content (AvgIpc) is 3.06. The summed E-state index contributed by atoms with van der Waals surface area (Å²) >= 11 is 0. The molecule has 6 nitrogen and oxygen atoms in total. The molecule has 2 aromatic heterocycles. The van der Waals surface area contributed by atoms with E-state index in [2.05, 4.69) is 23.9 Å². The van der Waals surface area contributed by atoms with Crippen LogP contribution in [0.2, 0.25) is 0 Å². The highest BCUT2D eigenvalue weighted by atomic mass is 16.4. The fourth-order valence-electron chi connectivity index (χ4n) is 3.34. The first-order chi connectivity index (χ1) is 10.3. The number of amides is 1. The van der Waals surface area contributed by atoms with Gasteiger partial charge in [0.05, 0.1) is 6.20 Å². The third kappa shape index (κ3) is 2.42. The maximum Gasteiger partial charge on any atom is 0.276 e. The fourth-order valence-corrected chi connectivity index (χ4v) is 3.34. The van der Waals surface area contributed by atoms with Crippen LogP contribution in [0.5, 0.6) is 0 Å². The molecule has 0 aromatic carbocycles. The predicted molar refractivity (Wildman–Crippen MR) is 81.6 cm³/mol. The van der Waals surface area contributed by atoms with Crippen molar-refractivity contribution in [1.82, 2.24) is 19.7 Å². The van der Waals surface area contributed by atoms with Gasteiger partial charge in [0.1, 0.15) is 5.76 Å². The molecule has 3 rings (SSSR count). The van der Waals surface area contributed by atoms with Gasteiger partial charge in [0.2, 0.25) is 0 Å². The highest BCUT2D eigenvalue weighted by Gasteiger charge is 2.43. The molecule has 0 bridgehead atoms. The molecule has 1 atom stereocenters. The zero-order valence-electron chi connectivity index (χ0n) is 13.8. The Morgan fingerprint density at radius 3 is 2.68 bits per heavy atom. The van der Waals surface area contributed by atoms with Gasteiger partial charge in [0.25, 0.3) is 5.91 Å². The van der Waals surface area contributed by atoms with Crippen molar-refractivity contribution in [3.63, 3.8) is 0 Å². The zero-order valence-corrected chi connectivity index (χ0v) is 13.8. The molecule has 1 amide bonds. The number of hydrogen-bond acceptors (Lipinski definition) is 4. The number of oxazole rings is 1. The number of carbonyl (C=O) groups excluding carboxylic acids is 1. The van der Waals surface area contributed by atoms with E-state index in [1.807, 2.05) is 24.3 Å². The summed E-state index contributed by atoms with van der Waals surface area (Å²) < 4.78 is 7.20. The van der Waals surface area contributed by atoms with Gasteiger partial charge in [-0.25, -0.2) is 4.98 Å². The molecule has 1 aliphatic heterocycles. The molecule has 3 heterocycles. The molecule has 0 aliphatic carbocycles. The van der Waals surface area contributed by atoms with E-state index in [9.17, 15) is 4.79 Å². The first-order valence-corrected chi connectivity index (χ1v) is 7.50. The number of aromatic nitrogens is 3.